The van der Waals surface area contributed by atoms with Crippen LogP contribution in [-0.4, -0.2) is 43.1 Å². The van der Waals surface area contributed by atoms with Crippen LogP contribution in [-0.2, 0) is 9.53 Å². The van der Waals surface area contributed by atoms with Crippen molar-refractivity contribution in [2.45, 2.75) is 38.6 Å². The van der Waals surface area contributed by atoms with Crippen LogP contribution < -0.4 is 4.74 Å². The summed E-state index contributed by atoms with van der Waals surface area (Å²) in [4.78, 5) is 26.0. The number of methoxy groups -OCH3 is 1. The van der Waals surface area contributed by atoms with E-state index in [-0.39, 0.29) is 18.6 Å². The molecule has 0 spiro atoms. The minimum absolute atomic E-state index is 0.103. The third-order valence-electron chi connectivity index (χ3n) is 4.07. The Kier molecular flexibility index (Phi) is 5.81. The van der Waals surface area contributed by atoms with Gasteiger partial charge in [-0.1, -0.05) is 6.92 Å². The highest BCUT2D eigenvalue weighted by Gasteiger charge is 2.25. The number of hydrogen-bond donors (Lipinski definition) is 0. The summed E-state index contributed by atoms with van der Waals surface area (Å²) in [6.45, 7) is 2.65. The van der Waals surface area contributed by atoms with Gasteiger partial charge in [0.2, 0.25) is 0 Å². The molecule has 0 radical (unpaired) electrons. The Morgan fingerprint density at radius 2 is 1.95 bits per heavy atom. The van der Waals surface area contributed by atoms with Crippen molar-refractivity contribution in [3.8, 4) is 5.75 Å². The molecule has 2 rings (SSSR count). The fourth-order valence-corrected chi connectivity index (χ4v) is 2.77. The number of rotatable bonds is 5. The van der Waals surface area contributed by atoms with E-state index in [0.717, 1.165) is 32.2 Å². The van der Waals surface area contributed by atoms with Gasteiger partial charge in [0.1, 0.15) is 5.75 Å². The maximum atomic E-state index is 12.2. The highest BCUT2D eigenvalue weighted by molar-refractivity contribution is 5.91. The Hall–Kier alpha value is -2.04. The fraction of sp³-hybridized carbons (Fsp3) is 0.529. The Morgan fingerprint density at radius 1 is 1.23 bits per heavy atom. The lowest BCUT2D eigenvalue weighted by Crippen LogP contribution is -2.45. The van der Waals surface area contributed by atoms with Crippen LogP contribution in [0.2, 0.25) is 0 Å². The zero-order valence-electron chi connectivity index (χ0n) is 13.2. The zero-order valence-corrected chi connectivity index (χ0v) is 13.2. The molecule has 120 valence electrons. The molecule has 1 aromatic carbocycles. The van der Waals surface area contributed by atoms with Gasteiger partial charge in [-0.05, 0) is 49.9 Å². The summed E-state index contributed by atoms with van der Waals surface area (Å²) in [6, 6.07) is 6.91. The normalized spacial score (nSPS) is 17.9. The summed E-state index contributed by atoms with van der Waals surface area (Å²) in [6.07, 6.45) is 4.16. The Morgan fingerprint density at radius 3 is 2.59 bits per heavy atom. The molecule has 1 aromatic rings. The third kappa shape index (κ3) is 4.00. The summed E-state index contributed by atoms with van der Waals surface area (Å²) in [7, 11) is 1.56. The monoisotopic (exact) mass is 305 g/mol. The molecule has 0 bridgehead atoms. The van der Waals surface area contributed by atoms with Gasteiger partial charge in [0.15, 0.2) is 6.61 Å². The average molecular weight is 305 g/mol. The molecule has 22 heavy (non-hydrogen) atoms. The molecule has 0 saturated carbocycles. The van der Waals surface area contributed by atoms with Gasteiger partial charge in [-0.15, -0.1) is 0 Å². The highest BCUT2D eigenvalue weighted by atomic mass is 16.5. The van der Waals surface area contributed by atoms with Crippen molar-refractivity contribution in [2.24, 2.45) is 0 Å². The number of likely N-dealkylation sites (tertiary alicyclic amines) is 1. The molecular weight excluding hydrogens is 282 g/mol. The van der Waals surface area contributed by atoms with Gasteiger partial charge in [-0.2, -0.15) is 0 Å². The maximum Gasteiger partial charge on any atom is 0.338 e. The average Bonchev–Trinajstić information content (AvgIpc) is 2.59. The Labute approximate surface area is 131 Å². The van der Waals surface area contributed by atoms with Crippen LogP contribution in [0, 0.1) is 0 Å². The number of carbonyl (C=O) groups excluding carboxylic acids is 2. The minimum Gasteiger partial charge on any atom is -0.497 e. The van der Waals surface area contributed by atoms with E-state index in [2.05, 4.69) is 6.92 Å². The van der Waals surface area contributed by atoms with Crippen molar-refractivity contribution in [3.05, 3.63) is 29.8 Å². The summed E-state index contributed by atoms with van der Waals surface area (Å²) in [5.41, 5.74) is 0.416. The topological polar surface area (TPSA) is 55.8 Å². The second kappa shape index (κ2) is 7.82. The van der Waals surface area contributed by atoms with E-state index in [9.17, 15) is 9.59 Å². The summed E-state index contributed by atoms with van der Waals surface area (Å²) in [5, 5.41) is 0. The van der Waals surface area contributed by atoms with E-state index in [1.807, 2.05) is 4.90 Å². The van der Waals surface area contributed by atoms with Crippen LogP contribution in [0.1, 0.15) is 43.0 Å². The number of esters is 1. The number of carbonyl (C=O) groups is 2. The molecule has 5 nitrogen and oxygen atoms in total. The van der Waals surface area contributed by atoms with Crippen LogP contribution in [0.5, 0.6) is 5.75 Å². The first kappa shape index (κ1) is 16.3. The number of hydrogen-bond acceptors (Lipinski definition) is 4. The smallest absolute Gasteiger partial charge is 0.338 e. The van der Waals surface area contributed by atoms with Gasteiger partial charge in [-0.25, -0.2) is 4.79 Å². The molecule has 0 aromatic heterocycles. The molecule has 1 aliphatic rings. The molecular formula is C17H23NO4. The molecule has 0 N–H and O–H groups in total. The quantitative estimate of drug-likeness (QED) is 0.785. The second-order valence-electron chi connectivity index (χ2n) is 5.45. The van der Waals surface area contributed by atoms with Crippen molar-refractivity contribution in [3.63, 3.8) is 0 Å². The first-order chi connectivity index (χ1) is 10.7. The molecule has 1 amide bonds. The Bertz CT molecular complexity index is 512. The second-order valence-corrected chi connectivity index (χ2v) is 5.45. The van der Waals surface area contributed by atoms with E-state index in [1.165, 1.54) is 0 Å². The van der Waals surface area contributed by atoms with Gasteiger partial charge < -0.3 is 14.4 Å². The van der Waals surface area contributed by atoms with Gasteiger partial charge in [0.05, 0.1) is 12.7 Å². The van der Waals surface area contributed by atoms with Gasteiger partial charge >= 0.3 is 5.97 Å². The first-order valence-electron chi connectivity index (χ1n) is 7.76. The van der Waals surface area contributed by atoms with Crippen molar-refractivity contribution < 1.29 is 19.1 Å². The van der Waals surface area contributed by atoms with Crippen LogP contribution in [0.4, 0.5) is 0 Å². The third-order valence-corrected chi connectivity index (χ3v) is 4.07. The molecule has 5 heteroatoms. The minimum atomic E-state index is -0.485. The number of benzene rings is 1. The number of piperidine rings is 1. The molecule has 1 atom stereocenters. The number of ether oxygens (including phenoxy) is 2. The van der Waals surface area contributed by atoms with E-state index in [1.54, 1.807) is 31.4 Å². The lowest BCUT2D eigenvalue weighted by Gasteiger charge is -2.35. The zero-order chi connectivity index (χ0) is 15.9. The van der Waals surface area contributed by atoms with E-state index < -0.39 is 5.97 Å². The molecule has 1 heterocycles. The predicted octanol–water partition coefficient (Wildman–Crippen LogP) is 2.64. The maximum absolute atomic E-state index is 12.2. The van der Waals surface area contributed by atoms with Crippen molar-refractivity contribution in [1.29, 1.82) is 0 Å². The molecule has 0 aliphatic carbocycles. The SMILES string of the molecule is CC[C@H]1CCCCN1C(=O)COC(=O)c1ccc(OC)cc1. The van der Waals surface area contributed by atoms with Gasteiger partial charge in [-0.3, -0.25) is 4.79 Å². The van der Waals surface area contributed by atoms with E-state index >= 15 is 0 Å². The summed E-state index contributed by atoms with van der Waals surface area (Å²) in [5.74, 6) is 0.0844. The van der Waals surface area contributed by atoms with Gasteiger partial charge in [0.25, 0.3) is 5.91 Å². The van der Waals surface area contributed by atoms with Crippen molar-refractivity contribution >= 4 is 11.9 Å². The van der Waals surface area contributed by atoms with E-state index in [4.69, 9.17) is 9.47 Å². The molecule has 0 unspecified atom stereocenters. The van der Waals surface area contributed by atoms with Crippen LogP contribution >= 0.6 is 0 Å². The van der Waals surface area contributed by atoms with E-state index in [0.29, 0.717) is 11.3 Å². The van der Waals surface area contributed by atoms with Crippen LogP contribution in [0.25, 0.3) is 0 Å². The largest absolute Gasteiger partial charge is 0.497 e. The first-order valence-corrected chi connectivity index (χ1v) is 7.76. The van der Waals surface area contributed by atoms with Gasteiger partial charge in [0, 0.05) is 12.6 Å². The predicted molar refractivity (Wildman–Crippen MR) is 82.9 cm³/mol. The molecule has 1 aliphatic heterocycles. The number of amides is 1. The molecule has 1 fully saturated rings. The molecule has 1 saturated heterocycles. The Balaban J connectivity index is 1.88. The van der Waals surface area contributed by atoms with Crippen LogP contribution in [0.15, 0.2) is 24.3 Å². The standard InChI is InChI=1S/C17H23NO4/c1-3-14-6-4-5-11-18(14)16(19)12-22-17(20)13-7-9-15(21-2)10-8-13/h7-10,14H,3-6,11-12H2,1-2H3/t14-/m0/s1. The van der Waals surface area contributed by atoms with Crippen molar-refractivity contribution in [2.75, 3.05) is 20.3 Å². The van der Waals surface area contributed by atoms with Crippen LogP contribution in [0.3, 0.4) is 0 Å². The summed E-state index contributed by atoms with van der Waals surface area (Å²) < 4.78 is 10.2. The summed E-state index contributed by atoms with van der Waals surface area (Å²) >= 11 is 0. The lowest BCUT2D eigenvalue weighted by atomic mass is 10.00. The lowest BCUT2D eigenvalue weighted by molar-refractivity contribution is -0.138. The fourth-order valence-electron chi connectivity index (χ4n) is 2.77. The van der Waals surface area contributed by atoms with Crippen molar-refractivity contribution in [1.82, 2.24) is 4.90 Å². The highest BCUT2D eigenvalue weighted by Crippen LogP contribution is 2.19. The number of nitrogens with zero attached hydrogens (tertiary/aromatic N) is 1.